The molecule has 0 aliphatic carbocycles. The fourth-order valence-electron chi connectivity index (χ4n) is 4.20. The molecule has 1 unspecified atom stereocenters. The molecule has 2 heterocycles. The lowest BCUT2D eigenvalue weighted by molar-refractivity contribution is 0.0691. The van der Waals surface area contributed by atoms with Gasteiger partial charge in [-0.1, -0.05) is 31.5 Å². The van der Waals surface area contributed by atoms with Gasteiger partial charge in [-0.15, -0.1) is 0 Å². The first-order valence-electron chi connectivity index (χ1n) is 11.3. The highest BCUT2D eigenvalue weighted by Gasteiger charge is 2.42. The van der Waals surface area contributed by atoms with Gasteiger partial charge in [0.15, 0.2) is 16.9 Å². The van der Waals surface area contributed by atoms with Crippen molar-refractivity contribution >= 4 is 28.5 Å². The third-order valence-corrected chi connectivity index (χ3v) is 6.45. The summed E-state index contributed by atoms with van der Waals surface area (Å²) in [6.45, 7) is 6.37. The lowest BCUT2D eigenvalue weighted by Gasteiger charge is -2.25. The van der Waals surface area contributed by atoms with Gasteiger partial charge in [-0.2, -0.15) is 0 Å². The van der Waals surface area contributed by atoms with E-state index in [-0.39, 0.29) is 29.9 Å². The van der Waals surface area contributed by atoms with Gasteiger partial charge in [-0.25, -0.2) is 0 Å². The normalized spacial score (nSPS) is 15.3. The number of β-amino-alcohol motifs (C(OH)–C–C–N with tert-alkyl or cyclic N) is 1. The maximum absolute atomic E-state index is 13.6. The number of benzene rings is 2. The Hall–Kier alpha value is -3.03. The van der Waals surface area contributed by atoms with Crippen LogP contribution in [0.3, 0.4) is 0 Å². The number of halogens is 1. The van der Waals surface area contributed by atoms with Crippen LogP contribution in [-0.2, 0) is 0 Å². The zero-order valence-electron chi connectivity index (χ0n) is 19.7. The number of aliphatic hydroxyl groups excluding tert-OH is 1. The highest BCUT2D eigenvalue weighted by atomic mass is 35.5. The van der Waals surface area contributed by atoms with Gasteiger partial charge in [0.2, 0.25) is 5.76 Å². The van der Waals surface area contributed by atoms with E-state index < -0.39 is 11.9 Å². The Kier molecular flexibility index (Phi) is 6.86. The Morgan fingerprint density at radius 1 is 1.18 bits per heavy atom. The van der Waals surface area contributed by atoms with Crippen LogP contribution < -0.4 is 14.9 Å². The molecule has 0 radical (unpaired) electrons. The molecule has 7 nitrogen and oxygen atoms in total. The number of carbonyl (C=O) groups excluding carboxylic acids is 1. The lowest BCUT2D eigenvalue weighted by atomic mass is 9.98. The van der Waals surface area contributed by atoms with Crippen LogP contribution in [-0.4, -0.2) is 42.8 Å². The predicted octanol–water partition coefficient (Wildman–Crippen LogP) is 4.73. The number of aryl methyl sites for hydroxylation is 1. The molecule has 0 fully saturated rings. The standard InChI is InChI=1S/C26H28ClNO6/c1-14(2)7-10-33-19-6-5-16(12-21(19)32-4)23-22-24(30)17-13-18(27)15(3)11-20(17)34-25(22)26(31)28(23)8-9-29/h5-6,11-14,23,29H,7-10H2,1-4H3. The average Bonchev–Trinajstić information content (AvgIpc) is 3.07. The predicted molar refractivity (Wildman–Crippen MR) is 130 cm³/mol. The van der Waals surface area contributed by atoms with Gasteiger partial charge in [0.05, 0.1) is 37.3 Å². The van der Waals surface area contributed by atoms with E-state index in [1.165, 1.54) is 4.90 Å². The number of hydrogen-bond acceptors (Lipinski definition) is 6. The zero-order chi connectivity index (χ0) is 24.6. The van der Waals surface area contributed by atoms with Crippen LogP contribution in [0.1, 0.15) is 53.6 Å². The van der Waals surface area contributed by atoms with Crippen LogP contribution in [0.4, 0.5) is 0 Å². The first-order valence-corrected chi connectivity index (χ1v) is 11.6. The Labute approximate surface area is 202 Å². The minimum absolute atomic E-state index is 0.0195. The molecule has 0 bridgehead atoms. The molecule has 3 aromatic rings. The molecule has 1 aromatic heterocycles. The van der Waals surface area contributed by atoms with E-state index in [0.29, 0.717) is 45.6 Å². The third-order valence-electron chi connectivity index (χ3n) is 6.04. The van der Waals surface area contributed by atoms with Gasteiger partial charge < -0.3 is 23.9 Å². The monoisotopic (exact) mass is 485 g/mol. The molecule has 0 saturated heterocycles. The maximum atomic E-state index is 13.6. The van der Waals surface area contributed by atoms with Crippen LogP contribution in [0.2, 0.25) is 5.02 Å². The highest BCUT2D eigenvalue weighted by molar-refractivity contribution is 6.32. The Bertz CT molecular complexity index is 1300. The molecular weight excluding hydrogens is 458 g/mol. The van der Waals surface area contributed by atoms with Crippen molar-refractivity contribution in [3.05, 3.63) is 68.0 Å². The molecule has 1 aliphatic heterocycles. The number of methoxy groups -OCH3 is 1. The van der Waals surface area contributed by atoms with Crippen LogP contribution in [0.15, 0.2) is 39.5 Å². The smallest absolute Gasteiger partial charge is 0.290 e. The number of rotatable bonds is 8. The van der Waals surface area contributed by atoms with Crippen LogP contribution in [0.5, 0.6) is 11.5 Å². The number of aliphatic hydroxyl groups is 1. The number of amides is 1. The van der Waals surface area contributed by atoms with Crippen molar-refractivity contribution in [1.82, 2.24) is 4.90 Å². The Balaban J connectivity index is 1.84. The fourth-order valence-corrected chi connectivity index (χ4v) is 4.37. The van der Waals surface area contributed by atoms with Gasteiger partial charge in [-0.05, 0) is 54.7 Å². The van der Waals surface area contributed by atoms with Gasteiger partial charge in [0.1, 0.15) is 5.58 Å². The van der Waals surface area contributed by atoms with E-state index in [1.54, 1.807) is 44.4 Å². The third kappa shape index (κ3) is 4.26. The van der Waals surface area contributed by atoms with Gasteiger partial charge in [-0.3, -0.25) is 9.59 Å². The second-order valence-corrected chi connectivity index (χ2v) is 9.24. The van der Waals surface area contributed by atoms with E-state index in [1.807, 2.05) is 0 Å². The fraction of sp³-hybridized carbons (Fsp3) is 0.385. The van der Waals surface area contributed by atoms with Gasteiger partial charge >= 0.3 is 0 Å². The molecule has 1 aliphatic rings. The van der Waals surface area contributed by atoms with Crippen LogP contribution in [0.25, 0.3) is 11.0 Å². The summed E-state index contributed by atoms with van der Waals surface area (Å²) in [6, 6.07) is 7.82. The molecular formula is C26H28ClNO6. The molecule has 1 N–H and O–H groups in total. The second-order valence-electron chi connectivity index (χ2n) is 8.84. The van der Waals surface area contributed by atoms with E-state index in [4.69, 9.17) is 25.5 Å². The van der Waals surface area contributed by atoms with Gasteiger partial charge in [0, 0.05) is 11.6 Å². The number of carbonyl (C=O) groups is 1. The summed E-state index contributed by atoms with van der Waals surface area (Å²) in [5, 5.41) is 10.4. The van der Waals surface area contributed by atoms with E-state index >= 15 is 0 Å². The first kappa shape index (κ1) is 24.1. The average molecular weight is 486 g/mol. The van der Waals surface area contributed by atoms with Crippen LogP contribution >= 0.6 is 11.6 Å². The number of fused-ring (bicyclic) bond motifs is 2. The number of nitrogens with zero attached hydrogens (tertiary/aromatic N) is 1. The van der Waals surface area contributed by atoms with Crippen molar-refractivity contribution in [2.24, 2.45) is 5.92 Å². The summed E-state index contributed by atoms with van der Waals surface area (Å²) in [4.78, 5) is 28.3. The van der Waals surface area contributed by atoms with Gasteiger partial charge in [0.25, 0.3) is 5.91 Å². The molecule has 8 heteroatoms. The van der Waals surface area contributed by atoms with Crippen molar-refractivity contribution in [2.45, 2.75) is 33.2 Å². The molecule has 0 spiro atoms. The molecule has 0 saturated carbocycles. The number of hydrogen-bond donors (Lipinski definition) is 1. The second kappa shape index (κ2) is 9.68. The summed E-state index contributed by atoms with van der Waals surface area (Å²) in [5.41, 5.74) is 1.59. The summed E-state index contributed by atoms with van der Waals surface area (Å²) in [5.74, 6) is 1.11. The molecule has 2 aromatic carbocycles. The summed E-state index contributed by atoms with van der Waals surface area (Å²) in [6.07, 6.45) is 0.899. The Morgan fingerprint density at radius 3 is 2.62 bits per heavy atom. The van der Waals surface area contributed by atoms with E-state index in [9.17, 15) is 14.7 Å². The topological polar surface area (TPSA) is 89.2 Å². The number of ether oxygens (including phenoxy) is 2. The molecule has 1 amide bonds. The first-order chi connectivity index (χ1) is 16.3. The maximum Gasteiger partial charge on any atom is 0.290 e. The largest absolute Gasteiger partial charge is 0.493 e. The molecule has 1 atom stereocenters. The van der Waals surface area contributed by atoms with E-state index in [0.717, 1.165) is 12.0 Å². The van der Waals surface area contributed by atoms with Crippen molar-refractivity contribution in [3.63, 3.8) is 0 Å². The minimum atomic E-state index is -0.742. The highest BCUT2D eigenvalue weighted by Crippen LogP contribution is 2.41. The SMILES string of the molecule is COc1cc(C2c3c(oc4cc(C)c(Cl)cc4c3=O)C(=O)N2CCO)ccc1OCCC(C)C. The molecule has 4 rings (SSSR count). The van der Waals surface area contributed by atoms with Crippen molar-refractivity contribution in [3.8, 4) is 11.5 Å². The van der Waals surface area contributed by atoms with Crippen LogP contribution in [0, 0.1) is 12.8 Å². The summed E-state index contributed by atoms with van der Waals surface area (Å²) < 4.78 is 17.4. The van der Waals surface area contributed by atoms with Crippen molar-refractivity contribution in [1.29, 1.82) is 0 Å². The lowest BCUT2D eigenvalue weighted by Crippen LogP contribution is -2.32. The summed E-state index contributed by atoms with van der Waals surface area (Å²) in [7, 11) is 1.54. The van der Waals surface area contributed by atoms with Crippen molar-refractivity contribution < 1.29 is 23.8 Å². The summed E-state index contributed by atoms with van der Waals surface area (Å²) >= 11 is 6.27. The van der Waals surface area contributed by atoms with E-state index in [2.05, 4.69) is 13.8 Å². The molecule has 34 heavy (non-hydrogen) atoms. The molecule has 180 valence electrons. The van der Waals surface area contributed by atoms with Crippen molar-refractivity contribution in [2.75, 3.05) is 26.9 Å². The zero-order valence-corrected chi connectivity index (χ0v) is 20.4. The minimum Gasteiger partial charge on any atom is -0.493 e. The quantitative estimate of drug-likeness (QED) is 0.496. The Morgan fingerprint density at radius 2 is 1.94 bits per heavy atom.